The molecule has 18 heavy (non-hydrogen) atoms. The van der Waals surface area contributed by atoms with Crippen LogP contribution in [0.3, 0.4) is 0 Å². The first-order valence-corrected chi connectivity index (χ1v) is 6.01. The van der Waals surface area contributed by atoms with Crippen molar-refractivity contribution in [2.24, 2.45) is 5.10 Å². The van der Waals surface area contributed by atoms with Crippen LogP contribution in [0.5, 0.6) is 0 Å². The summed E-state index contributed by atoms with van der Waals surface area (Å²) in [5.74, 6) is -0.385. The summed E-state index contributed by atoms with van der Waals surface area (Å²) in [6, 6.07) is 7.88. The highest BCUT2D eigenvalue weighted by molar-refractivity contribution is 6.47. The fourth-order valence-corrected chi connectivity index (χ4v) is 2.38. The Kier molecular flexibility index (Phi) is 2.59. The topological polar surface area (TPSA) is 61.8 Å². The van der Waals surface area contributed by atoms with E-state index in [4.69, 9.17) is 0 Å². The highest BCUT2D eigenvalue weighted by Gasteiger charge is 2.29. The molecule has 1 aromatic carbocycles. The highest BCUT2D eigenvalue weighted by atomic mass is 16.2. The van der Waals surface area contributed by atoms with E-state index in [0.29, 0.717) is 12.3 Å². The van der Waals surface area contributed by atoms with E-state index in [-0.39, 0.29) is 18.2 Å². The second-order valence-electron chi connectivity index (χ2n) is 4.46. The number of rotatable bonds is 1. The molecule has 0 saturated carbocycles. The number of para-hydroxylation sites is 1. The first kappa shape index (κ1) is 11.0. The van der Waals surface area contributed by atoms with Gasteiger partial charge < -0.3 is 4.90 Å². The van der Waals surface area contributed by atoms with Crippen LogP contribution in [0.15, 0.2) is 29.4 Å². The van der Waals surface area contributed by atoms with Gasteiger partial charge in [-0.1, -0.05) is 18.2 Å². The molecule has 1 N–H and O–H groups in total. The van der Waals surface area contributed by atoms with E-state index < -0.39 is 0 Å². The van der Waals surface area contributed by atoms with Gasteiger partial charge in [-0.3, -0.25) is 9.59 Å². The van der Waals surface area contributed by atoms with Crippen LogP contribution < -0.4 is 10.3 Å². The number of nitrogens with zero attached hydrogens (tertiary/aromatic N) is 2. The largest absolute Gasteiger partial charge is 0.307 e. The van der Waals surface area contributed by atoms with Crippen molar-refractivity contribution in [3.05, 3.63) is 29.8 Å². The van der Waals surface area contributed by atoms with Gasteiger partial charge in [-0.25, -0.2) is 5.43 Å². The Balaban J connectivity index is 1.90. The lowest BCUT2D eigenvalue weighted by molar-refractivity contribution is -0.119. The number of fused-ring (bicyclic) bond motifs is 1. The molecule has 1 aromatic rings. The van der Waals surface area contributed by atoms with E-state index in [1.165, 1.54) is 5.56 Å². The molecule has 2 amide bonds. The van der Waals surface area contributed by atoms with E-state index in [1.807, 2.05) is 24.3 Å². The van der Waals surface area contributed by atoms with E-state index >= 15 is 0 Å². The van der Waals surface area contributed by atoms with Crippen LogP contribution >= 0.6 is 0 Å². The van der Waals surface area contributed by atoms with Crippen LogP contribution in [0.25, 0.3) is 0 Å². The van der Waals surface area contributed by atoms with Crippen LogP contribution in [0.1, 0.15) is 18.4 Å². The van der Waals surface area contributed by atoms with Crippen molar-refractivity contribution in [3.63, 3.8) is 0 Å². The molecule has 5 heteroatoms. The minimum Gasteiger partial charge on any atom is -0.307 e. The molecule has 0 radical (unpaired) electrons. The van der Waals surface area contributed by atoms with Crippen molar-refractivity contribution >= 4 is 23.2 Å². The number of anilines is 1. The molecule has 0 fully saturated rings. The van der Waals surface area contributed by atoms with Crippen LogP contribution in [-0.4, -0.2) is 24.1 Å². The van der Waals surface area contributed by atoms with Gasteiger partial charge in [-0.2, -0.15) is 5.10 Å². The summed E-state index contributed by atoms with van der Waals surface area (Å²) in [5, 5.41) is 3.79. The summed E-state index contributed by atoms with van der Waals surface area (Å²) >= 11 is 0. The zero-order valence-corrected chi connectivity index (χ0v) is 9.85. The van der Waals surface area contributed by atoms with Gasteiger partial charge in [0.15, 0.2) is 0 Å². The Morgan fingerprint density at radius 3 is 2.94 bits per heavy atom. The maximum absolute atomic E-state index is 12.3. The smallest absolute Gasteiger partial charge is 0.275 e. The molecule has 2 heterocycles. The van der Waals surface area contributed by atoms with Gasteiger partial charge in [0.25, 0.3) is 5.91 Å². The van der Waals surface area contributed by atoms with Crippen molar-refractivity contribution in [2.45, 2.75) is 19.3 Å². The molecule has 0 spiro atoms. The molecule has 0 saturated heterocycles. The molecule has 2 aliphatic rings. The van der Waals surface area contributed by atoms with Gasteiger partial charge in [0.05, 0.1) is 6.42 Å². The predicted molar refractivity (Wildman–Crippen MR) is 67.3 cm³/mol. The van der Waals surface area contributed by atoms with Gasteiger partial charge in [0.2, 0.25) is 5.91 Å². The number of aryl methyl sites for hydroxylation is 1. The Morgan fingerprint density at radius 2 is 2.17 bits per heavy atom. The molecular formula is C13H13N3O2. The number of hydrogen-bond donors (Lipinski definition) is 1. The maximum atomic E-state index is 12.3. The fourth-order valence-electron chi connectivity index (χ4n) is 2.38. The van der Waals surface area contributed by atoms with E-state index in [0.717, 1.165) is 18.5 Å². The average molecular weight is 243 g/mol. The van der Waals surface area contributed by atoms with Gasteiger partial charge in [-0.05, 0) is 24.5 Å². The molecule has 0 unspecified atom stereocenters. The summed E-state index contributed by atoms with van der Waals surface area (Å²) in [7, 11) is 0. The number of benzene rings is 1. The summed E-state index contributed by atoms with van der Waals surface area (Å²) < 4.78 is 0. The third-order valence-corrected chi connectivity index (χ3v) is 3.25. The number of hydrazone groups is 1. The summed E-state index contributed by atoms with van der Waals surface area (Å²) in [4.78, 5) is 25.1. The number of amides is 2. The number of nitrogens with one attached hydrogen (secondary N) is 1. The summed E-state index contributed by atoms with van der Waals surface area (Å²) in [6.07, 6.45) is 2.01. The van der Waals surface area contributed by atoms with Crippen LogP contribution in [0.2, 0.25) is 0 Å². The van der Waals surface area contributed by atoms with Gasteiger partial charge in [-0.15, -0.1) is 0 Å². The molecule has 5 nitrogen and oxygen atoms in total. The highest BCUT2D eigenvalue weighted by Crippen LogP contribution is 2.27. The van der Waals surface area contributed by atoms with Crippen molar-refractivity contribution < 1.29 is 9.59 Å². The Morgan fingerprint density at radius 1 is 1.33 bits per heavy atom. The van der Waals surface area contributed by atoms with Crippen LogP contribution in [0, 0.1) is 0 Å². The lowest BCUT2D eigenvalue weighted by atomic mass is 10.0. The minimum absolute atomic E-state index is 0.0809. The third-order valence-electron chi connectivity index (χ3n) is 3.25. The number of carbonyl (C=O) groups is 2. The monoisotopic (exact) mass is 243 g/mol. The molecule has 0 atom stereocenters. The normalized spacial score (nSPS) is 18.1. The molecule has 2 aliphatic heterocycles. The lowest BCUT2D eigenvalue weighted by Crippen LogP contribution is -2.39. The molecule has 0 bridgehead atoms. The second kappa shape index (κ2) is 4.25. The number of hydrogen-bond acceptors (Lipinski definition) is 3. The Hall–Kier alpha value is -2.17. The fraction of sp³-hybridized carbons (Fsp3) is 0.308. The van der Waals surface area contributed by atoms with E-state index in [1.54, 1.807) is 4.90 Å². The SMILES string of the molecule is O=C1CC(C(=O)N2CCCc3ccccc32)=NN1. The zero-order valence-electron chi connectivity index (χ0n) is 9.85. The molecule has 0 aromatic heterocycles. The average Bonchev–Trinajstić information content (AvgIpc) is 2.84. The van der Waals surface area contributed by atoms with Gasteiger partial charge in [0.1, 0.15) is 5.71 Å². The van der Waals surface area contributed by atoms with Crippen LogP contribution in [-0.2, 0) is 16.0 Å². The third kappa shape index (κ3) is 1.77. The van der Waals surface area contributed by atoms with Crippen molar-refractivity contribution in [2.75, 3.05) is 11.4 Å². The van der Waals surface area contributed by atoms with E-state index in [2.05, 4.69) is 10.5 Å². The minimum atomic E-state index is -0.219. The summed E-state index contributed by atoms with van der Waals surface area (Å²) in [6.45, 7) is 0.684. The predicted octanol–water partition coefficient (Wildman–Crippen LogP) is 0.842. The second-order valence-corrected chi connectivity index (χ2v) is 4.46. The number of carbonyl (C=O) groups excluding carboxylic acids is 2. The molecule has 3 rings (SSSR count). The molecule has 92 valence electrons. The van der Waals surface area contributed by atoms with Gasteiger partial charge >= 0.3 is 0 Å². The van der Waals surface area contributed by atoms with Crippen molar-refractivity contribution in [1.82, 2.24) is 5.43 Å². The zero-order chi connectivity index (χ0) is 12.5. The first-order valence-electron chi connectivity index (χ1n) is 6.01. The quantitative estimate of drug-likeness (QED) is 0.794. The lowest BCUT2D eigenvalue weighted by Gasteiger charge is -2.29. The molecular weight excluding hydrogens is 230 g/mol. The maximum Gasteiger partial charge on any atom is 0.275 e. The Labute approximate surface area is 104 Å². The van der Waals surface area contributed by atoms with Crippen molar-refractivity contribution in [3.8, 4) is 0 Å². The standard InChI is InChI=1S/C13H13N3O2/c17-12-8-10(14-15-12)13(18)16-7-3-5-9-4-1-2-6-11(9)16/h1-2,4,6H,3,5,7-8H2,(H,15,17). The first-order chi connectivity index (χ1) is 8.75. The van der Waals surface area contributed by atoms with Gasteiger partial charge in [0, 0.05) is 12.2 Å². The Bertz CT molecular complexity index is 551. The molecule has 0 aliphatic carbocycles. The summed E-state index contributed by atoms with van der Waals surface area (Å²) in [5.41, 5.74) is 4.73. The van der Waals surface area contributed by atoms with Crippen LogP contribution in [0.4, 0.5) is 5.69 Å². The van der Waals surface area contributed by atoms with Crippen molar-refractivity contribution in [1.29, 1.82) is 0 Å². The van der Waals surface area contributed by atoms with E-state index in [9.17, 15) is 9.59 Å².